The maximum atomic E-state index is 12.7. The van der Waals surface area contributed by atoms with Crippen LogP contribution in [0.2, 0.25) is 0 Å². The van der Waals surface area contributed by atoms with Crippen molar-refractivity contribution >= 4 is 11.8 Å². The highest BCUT2D eigenvalue weighted by Gasteiger charge is 2.60. The molecule has 4 aliphatic carbocycles. The second kappa shape index (κ2) is 12.8. The Morgan fingerprint density at radius 3 is 2.16 bits per heavy atom. The van der Waals surface area contributed by atoms with Crippen molar-refractivity contribution in [2.24, 2.45) is 28.6 Å². The molecule has 0 aliphatic heterocycles. The highest BCUT2D eigenvalue weighted by molar-refractivity contribution is 5.87. The second-order valence-electron chi connectivity index (χ2n) is 13.4. The van der Waals surface area contributed by atoms with Gasteiger partial charge in [0.25, 0.3) is 0 Å². The van der Waals surface area contributed by atoms with Gasteiger partial charge in [-0.2, -0.15) is 0 Å². The summed E-state index contributed by atoms with van der Waals surface area (Å²) in [6.07, 6.45) is 22.5. The van der Waals surface area contributed by atoms with Crippen molar-refractivity contribution in [3.8, 4) is 0 Å². The van der Waals surface area contributed by atoms with E-state index in [4.69, 9.17) is 4.74 Å². The molecule has 4 rings (SSSR count). The first-order valence-corrected chi connectivity index (χ1v) is 15.9. The van der Waals surface area contributed by atoms with Crippen LogP contribution in [0.3, 0.4) is 0 Å². The summed E-state index contributed by atoms with van der Waals surface area (Å²) in [6, 6.07) is 0. The van der Waals surface area contributed by atoms with Gasteiger partial charge in [0.1, 0.15) is 11.9 Å². The van der Waals surface area contributed by atoms with Crippen molar-refractivity contribution in [3.63, 3.8) is 0 Å². The van der Waals surface area contributed by atoms with Crippen LogP contribution in [0.15, 0.2) is 11.6 Å². The molecule has 0 amide bonds. The second-order valence-corrected chi connectivity index (χ2v) is 13.4. The van der Waals surface area contributed by atoms with Crippen LogP contribution >= 0.6 is 0 Å². The third kappa shape index (κ3) is 6.36. The quantitative estimate of drug-likeness (QED) is 0.153. The minimum Gasteiger partial charge on any atom is -0.462 e. The molecule has 0 aromatic carbocycles. The van der Waals surface area contributed by atoms with E-state index in [-0.39, 0.29) is 28.8 Å². The minimum atomic E-state index is -0.477. The summed E-state index contributed by atoms with van der Waals surface area (Å²) in [7, 11) is 0. The van der Waals surface area contributed by atoms with Crippen LogP contribution < -0.4 is 0 Å². The summed E-state index contributed by atoms with van der Waals surface area (Å²) in [5.41, 5.74) is 1.13. The van der Waals surface area contributed by atoms with Crippen LogP contribution in [0, 0.1) is 28.6 Å². The van der Waals surface area contributed by atoms with Gasteiger partial charge in [-0.25, -0.2) is 0 Å². The number of carbonyl (C=O) groups excluding carboxylic acids is 2. The van der Waals surface area contributed by atoms with E-state index in [1.54, 1.807) is 0 Å². The van der Waals surface area contributed by atoms with Gasteiger partial charge in [0.05, 0.1) is 6.10 Å². The lowest BCUT2D eigenvalue weighted by atomic mass is 9.47. The van der Waals surface area contributed by atoms with E-state index in [9.17, 15) is 14.7 Å². The van der Waals surface area contributed by atoms with Crippen molar-refractivity contribution in [1.82, 2.24) is 0 Å². The molecule has 210 valence electrons. The molecular weight excluding hydrogens is 460 g/mol. The molecule has 1 N–H and O–H groups in total. The number of unbranched alkanes of at least 4 members (excludes halogenated alkanes) is 10. The number of aliphatic hydroxyl groups is 1. The van der Waals surface area contributed by atoms with Gasteiger partial charge in [0, 0.05) is 24.7 Å². The molecule has 0 aromatic heterocycles. The fraction of sp³-hybridized carbons (Fsp3) is 0.879. The number of carbonyl (C=O) groups is 2. The molecule has 7 atom stereocenters. The Morgan fingerprint density at radius 2 is 1.49 bits per heavy atom. The zero-order valence-corrected chi connectivity index (χ0v) is 24.1. The van der Waals surface area contributed by atoms with E-state index in [1.165, 1.54) is 63.4 Å². The van der Waals surface area contributed by atoms with Crippen molar-refractivity contribution in [2.45, 2.75) is 155 Å². The maximum Gasteiger partial charge on any atom is 0.306 e. The molecule has 0 saturated heterocycles. The Bertz CT molecular complexity index is 817. The number of esters is 1. The molecule has 3 saturated carbocycles. The average Bonchev–Trinajstić information content (AvgIpc) is 3.17. The summed E-state index contributed by atoms with van der Waals surface area (Å²) in [5, 5.41) is 11.2. The Kier molecular flexibility index (Phi) is 9.97. The largest absolute Gasteiger partial charge is 0.462 e. The normalized spacial score (nSPS) is 36.9. The molecule has 4 unspecified atom stereocenters. The van der Waals surface area contributed by atoms with Crippen molar-refractivity contribution in [1.29, 1.82) is 0 Å². The first kappa shape index (κ1) is 28.8. The van der Waals surface area contributed by atoms with E-state index in [2.05, 4.69) is 26.8 Å². The maximum absolute atomic E-state index is 12.7. The summed E-state index contributed by atoms with van der Waals surface area (Å²) in [5.74, 6) is 1.30. The Hall–Kier alpha value is -1.16. The monoisotopic (exact) mass is 514 g/mol. The molecule has 0 bridgehead atoms. The molecule has 0 aromatic rings. The van der Waals surface area contributed by atoms with Crippen LogP contribution in [-0.4, -0.2) is 29.1 Å². The summed E-state index contributed by atoms with van der Waals surface area (Å²) in [4.78, 5) is 25.2. The van der Waals surface area contributed by atoms with Gasteiger partial charge in [-0.05, 0) is 61.7 Å². The lowest BCUT2D eigenvalue weighted by Crippen LogP contribution is -2.54. The predicted molar refractivity (Wildman–Crippen MR) is 149 cm³/mol. The third-order valence-electron chi connectivity index (χ3n) is 11.1. The number of aliphatic hydroxyl groups excluding tert-OH is 1. The van der Waals surface area contributed by atoms with Crippen molar-refractivity contribution in [2.75, 3.05) is 0 Å². The number of Topliss-reactive ketones (excluding diaryl/α,β-unsaturated/α-hetero) is 1. The fourth-order valence-electron chi connectivity index (χ4n) is 8.67. The van der Waals surface area contributed by atoms with Gasteiger partial charge in [0.2, 0.25) is 0 Å². The summed E-state index contributed by atoms with van der Waals surface area (Å²) >= 11 is 0. The van der Waals surface area contributed by atoms with Gasteiger partial charge < -0.3 is 9.84 Å². The SMILES string of the molecule is CCCCCCCCCCCCCC(=O)O[C@H]1CC[C@@]2(C)C(=CC(O)C3C2CC[C@]2(C)C(=O)CCC32)C1. The molecule has 37 heavy (non-hydrogen) atoms. The Labute approximate surface area is 226 Å². The number of ketones is 1. The van der Waals surface area contributed by atoms with Gasteiger partial charge in [-0.3, -0.25) is 9.59 Å². The van der Waals surface area contributed by atoms with E-state index in [1.807, 2.05) is 0 Å². The first-order valence-electron chi connectivity index (χ1n) is 15.9. The van der Waals surface area contributed by atoms with Crippen LogP contribution in [0.4, 0.5) is 0 Å². The molecule has 0 spiro atoms. The van der Waals surface area contributed by atoms with Crippen LogP contribution in [0.25, 0.3) is 0 Å². The van der Waals surface area contributed by atoms with Crippen LogP contribution in [0.1, 0.15) is 143 Å². The lowest BCUT2D eigenvalue weighted by molar-refractivity contribution is -0.152. The first-order chi connectivity index (χ1) is 17.8. The number of hydrogen-bond donors (Lipinski definition) is 1. The summed E-state index contributed by atoms with van der Waals surface area (Å²) in [6.45, 7) is 6.80. The molecule has 4 nitrogen and oxygen atoms in total. The Balaban J connectivity index is 1.18. The average molecular weight is 515 g/mol. The topological polar surface area (TPSA) is 63.6 Å². The van der Waals surface area contributed by atoms with E-state index >= 15 is 0 Å². The van der Waals surface area contributed by atoms with Gasteiger partial charge in [0.15, 0.2) is 0 Å². The molecule has 3 fully saturated rings. The van der Waals surface area contributed by atoms with Crippen molar-refractivity contribution in [3.05, 3.63) is 11.6 Å². The standard InChI is InChI=1S/C33H54O4/c1-4-5-6-7-8-9-10-11-12-13-14-15-30(36)37-25-18-20-32(2)24(22-25)23-28(34)31-26-16-17-29(35)33(26,3)21-19-27(31)32/h23,25-28,31,34H,4-22H2,1-3H3/t25-,26?,27?,28?,31?,32-,33-/m0/s1. The van der Waals surface area contributed by atoms with E-state index < -0.39 is 6.10 Å². The molecule has 4 aliphatic rings. The van der Waals surface area contributed by atoms with Crippen LogP contribution in [0.5, 0.6) is 0 Å². The summed E-state index contributed by atoms with van der Waals surface area (Å²) < 4.78 is 5.94. The number of rotatable bonds is 13. The van der Waals surface area contributed by atoms with Gasteiger partial charge in [-0.1, -0.05) is 96.6 Å². The zero-order valence-electron chi connectivity index (χ0n) is 24.1. The van der Waals surface area contributed by atoms with E-state index in [0.717, 1.165) is 51.4 Å². The molecule has 0 heterocycles. The van der Waals surface area contributed by atoms with Gasteiger partial charge >= 0.3 is 5.97 Å². The molecule has 0 radical (unpaired) electrons. The van der Waals surface area contributed by atoms with Gasteiger partial charge in [-0.15, -0.1) is 0 Å². The number of ether oxygens (including phenoxy) is 1. The van der Waals surface area contributed by atoms with E-state index in [0.29, 0.717) is 30.5 Å². The number of hydrogen-bond acceptors (Lipinski definition) is 4. The van der Waals surface area contributed by atoms with Crippen LogP contribution in [-0.2, 0) is 14.3 Å². The molecule has 4 heteroatoms. The van der Waals surface area contributed by atoms with Crippen molar-refractivity contribution < 1.29 is 19.4 Å². The molecular formula is C33H54O4. The number of fused-ring (bicyclic) bond motifs is 5. The third-order valence-corrected chi connectivity index (χ3v) is 11.1. The fourth-order valence-corrected chi connectivity index (χ4v) is 8.67. The zero-order chi connectivity index (χ0) is 26.5. The minimum absolute atomic E-state index is 0.0442. The Morgan fingerprint density at radius 1 is 0.892 bits per heavy atom. The highest BCUT2D eigenvalue weighted by atomic mass is 16.5. The highest BCUT2D eigenvalue weighted by Crippen LogP contribution is 2.64. The smallest absolute Gasteiger partial charge is 0.306 e. The lowest BCUT2D eigenvalue weighted by Gasteiger charge is -2.58. The predicted octanol–water partition coefficient (Wildman–Crippen LogP) is 8.10.